The zero-order valence-corrected chi connectivity index (χ0v) is 9.83. The average Bonchev–Trinajstić information content (AvgIpc) is 2.30. The molecule has 1 N–H and O–H groups in total. The minimum Gasteiger partial charge on any atom is -0.497 e. The molecule has 3 heteroatoms. The van der Waals surface area contributed by atoms with Crippen LogP contribution in [0.5, 0.6) is 11.5 Å². The van der Waals surface area contributed by atoms with Crippen molar-refractivity contribution in [2.45, 2.75) is 19.4 Å². The highest BCUT2D eigenvalue weighted by molar-refractivity contribution is 5.39. The maximum atomic E-state index is 5.23. The fourth-order valence-electron chi connectivity index (χ4n) is 1.64. The Labute approximate surface area is 91.4 Å². The summed E-state index contributed by atoms with van der Waals surface area (Å²) in [6.45, 7) is 2.15. The van der Waals surface area contributed by atoms with Gasteiger partial charge in [-0.15, -0.1) is 0 Å². The van der Waals surface area contributed by atoms with Crippen molar-refractivity contribution in [2.24, 2.45) is 0 Å². The van der Waals surface area contributed by atoms with E-state index in [0.717, 1.165) is 17.9 Å². The van der Waals surface area contributed by atoms with E-state index in [4.69, 9.17) is 9.47 Å². The number of hydrogen-bond donors (Lipinski definition) is 1. The lowest BCUT2D eigenvalue weighted by atomic mass is 10.0. The van der Waals surface area contributed by atoms with Gasteiger partial charge >= 0.3 is 0 Å². The van der Waals surface area contributed by atoms with E-state index in [-0.39, 0.29) is 0 Å². The smallest absolute Gasteiger partial charge is 0.122 e. The van der Waals surface area contributed by atoms with E-state index < -0.39 is 0 Å². The van der Waals surface area contributed by atoms with Gasteiger partial charge in [-0.05, 0) is 31.2 Å². The van der Waals surface area contributed by atoms with Crippen LogP contribution in [0.25, 0.3) is 0 Å². The Morgan fingerprint density at radius 2 is 1.67 bits per heavy atom. The Kier molecular flexibility index (Phi) is 4.43. The first-order valence-corrected chi connectivity index (χ1v) is 5.15. The Balaban J connectivity index is 3.05. The molecule has 0 saturated carbocycles. The predicted molar refractivity (Wildman–Crippen MR) is 61.6 cm³/mol. The van der Waals surface area contributed by atoms with E-state index in [1.54, 1.807) is 14.2 Å². The van der Waals surface area contributed by atoms with Gasteiger partial charge in [0.15, 0.2) is 0 Å². The summed E-state index contributed by atoms with van der Waals surface area (Å²) in [6.07, 6.45) is 1.03. The van der Waals surface area contributed by atoms with Crippen molar-refractivity contribution < 1.29 is 9.47 Å². The lowest BCUT2D eigenvalue weighted by molar-refractivity contribution is 0.391. The fourth-order valence-corrected chi connectivity index (χ4v) is 1.64. The molecule has 15 heavy (non-hydrogen) atoms. The molecule has 1 aromatic carbocycles. The summed E-state index contributed by atoms with van der Waals surface area (Å²) in [5, 5.41) is 3.26. The molecule has 0 saturated heterocycles. The van der Waals surface area contributed by atoms with E-state index in [2.05, 4.69) is 12.2 Å². The first-order valence-electron chi connectivity index (χ1n) is 5.15. The van der Waals surface area contributed by atoms with Crippen LogP contribution in [-0.4, -0.2) is 21.3 Å². The zero-order chi connectivity index (χ0) is 11.3. The Hall–Kier alpha value is -1.22. The van der Waals surface area contributed by atoms with Crippen LogP contribution in [0.15, 0.2) is 18.2 Å². The summed E-state index contributed by atoms with van der Waals surface area (Å²) in [4.78, 5) is 0. The molecule has 84 valence electrons. The minimum absolute atomic E-state index is 0.342. The molecule has 0 aliphatic carbocycles. The number of hydrogen-bond acceptors (Lipinski definition) is 3. The van der Waals surface area contributed by atoms with Gasteiger partial charge in [0.1, 0.15) is 11.5 Å². The number of methoxy groups -OCH3 is 2. The highest BCUT2D eigenvalue weighted by Gasteiger charge is 2.09. The highest BCUT2D eigenvalue weighted by Crippen LogP contribution is 2.27. The average molecular weight is 209 g/mol. The van der Waals surface area contributed by atoms with Crippen molar-refractivity contribution in [1.29, 1.82) is 0 Å². The highest BCUT2D eigenvalue weighted by atomic mass is 16.5. The van der Waals surface area contributed by atoms with Crippen molar-refractivity contribution in [3.05, 3.63) is 23.8 Å². The standard InChI is InChI=1S/C12H19NO2/c1-5-12(13-2)9-6-10(14-3)8-11(7-9)15-4/h6-8,12-13H,5H2,1-4H3. The molecule has 0 bridgehead atoms. The first kappa shape index (κ1) is 11.9. The quantitative estimate of drug-likeness (QED) is 0.807. The molecular formula is C12H19NO2. The molecule has 0 heterocycles. The zero-order valence-electron chi connectivity index (χ0n) is 9.83. The Bertz CT molecular complexity index is 286. The lowest BCUT2D eigenvalue weighted by Gasteiger charge is -2.16. The summed E-state index contributed by atoms with van der Waals surface area (Å²) in [7, 11) is 5.29. The van der Waals surface area contributed by atoms with Gasteiger partial charge < -0.3 is 14.8 Å². The molecule has 1 atom stereocenters. The van der Waals surface area contributed by atoms with Gasteiger partial charge in [0, 0.05) is 12.1 Å². The third-order valence-electron chi connectivity index (χ3n) is 2.53. The molecule has 1 aromatic rings. The molecular weight excluding hydrogens is 190 g/mol. The maximum Gasteiger partial charge on any atom is 0.122 e. The van der Waals surface area contributed by atoms with Crippen LogP contribution >= 0.6 is 0 Å². The molecule has 0 spiro atoms. The second kappa shape index (κ2) is 5.61. The van der Waals surface area contributed by atoms with Crippen LogP contribution < -0.4 is 14.8 Å². The maximum absolute atomic E-state index is 5.23. The van der Waals surface area contributed by atoms with E-state index >= 15 is 0 Å². The van der Waals surface area contributed by atoms with Crippen molar-refractivity contribution in [1.82, 2.24) is 5.32 Å². The van der Waals surface area contributed by atoms with Crippen molar-refractivity contribution in [2.75, 3.05) is 21.3 Å². The minimum atomic E-state index is 0.342. The third kappa shape index (κ3) is 2.86. The van der Waals surface area contributed by atoms with Crippen LogP contribution in [0, 0.1) is 0 Å². The first-order chi connectivity index (χ1) is 7.24. The van der Waals surface area contributed by atoms with Crippen molar-refractivity contribution in [3.63, 3.8) is 0 Å². The largest absolute Gasteiger partial charge is 0.497 e. The number of rotatable bonds is 5. The molecule has 0 aliphatic heterocycles. The van der Waals surface area contributed by atoms with Gasteiger partial charge in [-0.1, -0.05) is 6.92 Å². The van der Waals surface area contributed by atoms with E-state index in [0.29, 0.717) is 6.04 Å². The van der Waals surface area contributed by atoms with Gasteiger partial charge in [0.25, 0.3) is 0 Å². The molecule has 0 fully saturated rings. The molecule has 0 aromatic heterocycles. The van der Waals surface area contributed by atoms with Crippen LogP contribution in [0.1, 0.15) is 24.9 Å². The third-order valence-corrected chi connectivity index (χ3v) is 2.53. The molecule has 0 amide bonds. The van der Waals surface area contributed by atoms with E-state index in [1.165, 1.54) is 5.56 Å². The number of ether oxygens (including phenoxy) is 2. The summed E-state index contributed by atoms with van der Waals surface area (Å²) in [5.74, 6) is 1.66. The molecule has 1 rings (SSSR count). The Morgan fingerprint density at radius 1 is 1.13 bits per heavy atom. The molecule has 0 aliphatic rings. The van der Waals surface area contributed by atoms with Crippen molar-refractivity contribution >= 4 is 0 Å². The predicted octanol–water partition coefficient (Wildman–Crippen LogP) is 2.37. The molecule has 1 unspecified atom stereocenters. The SMILES string of the molecule is CCC(NC)c1cc(OC)cc(OC)c1. The van der Waals surface area contributed by atoms with Gasteiger partial charge in [-0.2, -0.15) is 0 Å². The van der Waals surface area contributed by atoms with Gasteiger partial charge in [-0.3, -0.25) is 0 Å². The van der Waals surface area contributed by atoms with Crippen LogP contribution in [-0.2, 0) is 0 Å². The van der Waals surface area contributed by atoms with Crippen LogP contribution in [0.2, 0.25) is 0 Å². The summed E-state index contributed by atoms with van der Waals surface area (Å²) in [6, 6.07) is 6.29. The number of nitrogens with one attached hydrogen (secondary N) is 1. The van der Waals surface area contributed by atoms with Crippen molar-refractivity contribution in [3.8, 4) is 11.5 Å². The Morgan fingerprint density at radius 3 is 2.00 bits per heavy atom. The topological polar surface area (TPSA) is 30.5 Å². The number of benzene rings is 1. The lowest BCUT2D eigenvalue weighted by Crippen LogP contribution is -2.15. The van der Waals surface area contributed by atoms with E-state index in [1.807, 2.05) is 25.2 Å². The molecule has 0 radical (unpaired) electrons. The van der Waals surface area contributed by atoms with Gasteiger partial charge in [0.2, 0.25) is 0 Å². The van der Waals surface area contributed by atoms with Gasteiger partial charge in [-0.25, -0.2) is 0 Å². The normalized spacial score (nSPS) is 12.3. The fraction of sp³-hybridized carbons (Fsp3) is 0.500. The summed E-state index contributed by atoms with van der Waals surface area (Å²) < 4.78 is 10.5. The van der Waals surface area contributed by atoms with Crippen LogP contribution in [0.4, 0.5) is 0 Å². The van der Waals surface area contributed by atoms with Gasteiger partial charge in [0.05, 0.1) is 14.2 Å². The summed E-state index contributed by atoms with van der Waals surface area (Å²) >= 11 is 0. The second-order valence-electron chi connectivity index (χ2n) is 3.40. The molecule has 3 nitrogen and oxygen atoms in total. The van der Waals surface area contributed by atoms with E-state index in [9.17, 15) is 0 Å². The van der Waals surface area contributed by atoms with Crippen LogP contribution in [0.3, 0.4) is 0 Å². The monoisotopic (exact) mass is 209 g/mol. The summed E-state index contributed by atoms with van der Waals surface area (Å²) in [5.41, 5.74) is 1.19. The second-order valence-corrected chi connectivity index (χ2v) is 3.40.